The number of fused-ring (bicyclic) bond motifs is 1. The fourth-order valence-corrected chi connectivity index (χ4v) is 5.55. The molecule has 2 aliphatic heterocycles. The summed E-state index contributed by atoms with van der Waals surface area (Å²) in [6.07, 6.45) is -0.0725. The van der Waals surface area contributed by atoms with Crippen LogP contribution >= 0.6 is 0 Å². The number of piperazine rings is 1. The molecule has 0 aliphatic carbocycles. The normalized spacial score (nSPS) is 19.2. The van der Waals surface area contributed by atoms with E-state index in [0.29, 0.717) is 18.5 Å². The number of phenols is 1. The van der Waals surface area contributed by atoms with Gasteiger partial charge in [0.1, 0.15) is 29.6 Å². The van der Waals surface area contributed by atoms with Gasteiger partial charge in [-0.15, -0.1) is 0 Å². The van der Waals surface area contributed by atoms with E-state index in [1.54, 1.807) is 17.1 Å². The van der Waals surface area contributed by atoms with Crippen LogP contribution in [0.5, 0.6) is 5.75 Å². The number of carbonyl (C=O) groups is 3. The van der Waals surface area contributed by atoms with E-state index < -0.39 is 35.8 Å². The lowest BCUT2D eigenvalue weighted by Gasteiger charge is -2.55. The number of halogens is 2. The van der Waals surface area contributed by atoms with E-state index in [9.17, 15) is 28.3 Å². The highest BCUT2D eigenvalue weighted by atomic mass is 19.1. The van der Waals surface area contributed by atoms with E-state index in [1.165, 1.54) is 33.0 Å². The smallest absolute Gasteiger partial charge is 0.334 e. The number of hydrogen-bond acceptors (Lipinski definition) is 5. The molecule has 2 atom stereocenters. The van der Waals surface area contributed by atoms with Crippen LogP contribution in [-0.4, -0.2) is 74.6 Å². The third kappa shape index (κ3) is 6.20. The molecule has 2 saturated heterocycles. The first-order chi connectivity index (χ1) is 20.2. The van der Waals surface area contributed by atoms with E-state index in [4.69, 9.17) is 0 Å². The quantitative estimate of drug-likeness (QED) is 0.427. The Kier molecular flexibility index (Phi) is 8.67. The number of phenolic OH excluding ortho intramolecular Hbond substituents is 1. The Morgan fingerprint density at radius 1 is 1.00 bits per heavy atom. The number of urea groups is 1. The molecule has 3 aromatic rings. The predicted molar refractivity (Wildman–Crippen MR) is 150 cm³/mol. The van der Waals surface area contributed by atoms with Crippen LogP contribution in [0.4, 0.5) is 13.6 Å². The molecule has 0 unspecified atom stereocenters. The van der Waals surface area contributed by atoms with Crippen molar-refractivity contribution < 1.29 is 28.3 Å². The van der Waals surface area contributed by atoms with Crippen molar-refractivity contribution in [2.45, 2.75) is 45.1 Å². The Bertz CT molecular complexity index is 1440. The van der Waals surface area contributed by atoms with Crippen LogP contribution in [0.3, 0.4) is 0 Å². The van der Waals surface area contributed by atoms with Gasteiger partial charge in [0.2, 0.25) is 11.8 Å². The zero-order valence-corrected chi connectivity index (χ0v) is 23.2. The summed E-state index contributed by atoms with van der Waals surface area (Å²) in [4.78, 5) is 44.2. The fourth-order valence-electron chi connectivity index (χ4n) is 5.55. The first kappa shape index (κ1) is 29.0. The zero-order chi connectivity index (χ0) is 29.8. The average Bonchev–Trinajstić information content (AvgIpc) is 2.97. The summed E-state index contributed by atoms with van der Waals surface area (Å²) >= 11 is 0. The standard InChI is InChI=1S/C31H33F2N5O4/c1-2-14-36-20-29(40)37-27(15-21-8-12-25(39)13-9-21)30(41)35(18-23-10-11-24(32)16-26(23)33)19-28(37)38(36)31(42)34-17-22-6-4-3-5-7-22/h3-13,16,27-28,39H,2,14-15,17-20H2,1H3,(H,34,42)/t27-,28-/m0/s1. The van der Waals surface area contributed by atoms with Crippen LogP contribution in [0, 0.1) is 11.6 Å². The number of rotatable bonds is 8. The van der Waals surface area contributed by atoms with Gasteiger partial charge in [-0.2, -0.15) is 0 Å². The Morgan fingerprint density at radius 2 is 1.74 bits per heavy atom. The molecule has 0 spiro atoms. The van der Waals surface area contributed by atoms with Gasteiger partial charge in [-0.3, -0.25) is 9.59 Å². The number of carbonyl (C=O) groups excluding carboxylic acids is 3. The summed E-state index contributed by atoms with van der Waals surface area (Å²) in [5.41, 5.74) is 1.72. The highest BCUT2D eigenvalue weighted by molar-refractivity contribution is 5.91. The molecular weight excluding hydrogens is 544 g/mol. The van der Waals surface area contributed by atoms with Gasteiger partial charge >= 0.3 is 6.03 Å². The van der Waals surface area contributed by atoms with E-state index in [2.05, 4.69) is 5.32 Å². The molecule has 0 aromatic heterocycles. The van der Waals surface area contributed by atoms with Gasteiger partial charge in [-0.05, 0) is 35.7 Å². The van der Waals surface area contributed by atoms with Crippen molar-refractivity contribution in [2.75, 3.05) is 19.6 Å². The van der Waals surface area contributed by atoms with Crippen molar-refractivity contribution >= 4 is 17.8 Å². The van der Waals surface area contributed by atoms with Crippen molar-refractivity contribution in [1.29, 1.82) is 0 Å². The zero-order valence-electron chi connectivity index (χ0n) is 23.2. The molecule has 2 fully saturated rings. The van der Waals surface area contributed by atoms with Crippen molar-refractivity contribution in [3.8, 4) is 5.75 Å². The molecule has 42 heavy (non-hydrogen) atoms. The van der Waals surface area contributed by atoms with Crippen molar-refractivity contribution in [1.82, 2.24) is 25.1 Å². The van der Waals surface area contributed by atoms with E-state index >= 15 is 0 Å². The van der Waals surface area contributed by atoms with Gasteiger partial charge in [0.25, 0.3) is 0 Å². The van der Waals surface area contributed by atoms with Gasteiger partial charge in [0.15, 0.2) is 0 Å². The summed E-state index contributed by atoms with van der Waals surface area (Å²) in [5.74, 6) is -2.17. The third-order valence-corrected chi connectivity index (χ3v) is 7.55. The first-order valence-corrected chi connectivity index (χ1v) is 13.9. The molecule has 9 nitrogen and oxygen atoms in total. The monoisotopic (exact) mass is 577 g/mol. The maximum absolute atomic E-state index is 14.7. The molecule has 5 rings (SSSR count). The Hall–Kier alpha value is -4.51. The highest BCUT2D eigenvalue weighted by Gasteiger charge is 2.51. The SMILES string of the molecule is CCCN1CC(=O)N2[C@@H](Cc3ccc(O)cc3)C(=O)N(Cc3ccc(F)cc3F)C[C@@H]2N1C(=O)NCc1ccccc1. The van der Waals surface area contributed by atoms with Crippen LogP contribution in [-0.2, 0) is 29.1 Å². The largest absolute Gasteiger partial charge is 0.508 e. The molecule has 2 aliphatic rings. The van der Waals surface area contributed by atoms with Crippen LogP contribution in [0.2, 0.25) is 0 Å². The summed E-state index contributed by atoms with van der Waals surface area (Å²) in [5, 5.41) is 15.9. The Morgan fingerprint density at radius 3 is 2.43 bits per heavy atom. The molecule has 0 saturated carbocycles. The van der Waals surface area contributed by atoms with Crippen molar-refractivity contribution in [2.24, 2.45) is 0 Å². The molecule has 3 aromatic carbocycles. The van der Waals surface area contributed by atoms with Crippen LogP contribution in [0.15, 0.2) is 72.8 Å². The molecular formula is C31H33F2N5O4. The van der Waals surface area contributed by atoms with Crippen molar-refractivity contribution in [3.63, 3.8) is 0 Å². The molecule has 0 radical (unpaired) electrons. The highest BCUT2D eigenvalue weighted by Crippen LogP contribution is 2.30. The van der Waals surface area contributed by atoms with Gasteiger partial charge in [0.05, 0.1) is 13.1 Å². The van der Waals surface area contributed by atoms with Crippen LogP contribution in [0.1, 0.15) is 30.0 Å². The number of nitrogens with one attached hydrogen (secondary N) is 1. The molecule has 2 heterocycles. The number of nitrogens with zero attached hydrogens (tertiary/aromatic N) is 4. The van der Waals surface area contributed by atoms with Gasteiger partial charge in [-0.1, -0.05) is 55.5 Å². The topological polar surface area (TPSA) is 96.4 Å². The number of benzene rings is 3. The molecule has 11 heteroatoms. The summed E-state index contributed by atoms with van der Waals surface area (Å²) in [6, 6.07) is 17.5. The van der Waals surface area contributed by atoms with E-state index in [-0.39, 0.29) is 49.8 Å². The molecule has 4 amide bonds. The number of hydrazine groups is 1. The average molecular weight is 578 g/mol. The van der Waals surface area contributed by atoms with Gasteiger partial charge < -0.3 is 20.2 Å². The maximum atomic E-state index is 14.7. The Labute approximate surface area is 242 Å². The predicted octanol–water partition coefficient (Wildman–Crippen LogP) is 3.63. The fraction of sp³-hybridized carbons (Fsp3) is 0.323. The minimum atomic E-state index is -0.988. The summed E-state index contributed by atoms with van der Waals surface area (Å²) in [7, 11) is 0. The van der Waals surface area contributed by atoms with Gasteiger partial charge in [0, 0.05) is 37.7 Å². The lowest BCUT2D eigenvalue weighted by molar-refractivity contribution is -0.191. The summed E-state index contributed by atoms with van der Waals surface area (Å²) < 4.78 is 28.3. The first-order valence-electron chi connectivity index (χ1n) is 13.9. The number of amides is 4. The summed E-state index contributed by atoms with van der Waals surface area (Å²) in [6.45, 7) is 2.32. The molecule has 2 N–H and O–H groups in total. The minimum absolute atomic E-state index is 0.0607. The second-order valence-electron chi connectivity index (χ2n) is 10.5. The minimum Gasteiger partial charge on any atom is -0.508 e. The molecule has 220 valence electrons. The van der Waals surface area contributed by atoms with Crippen LogP contribution < -0.4 is 5.32 Å². The third-order valence-electron chi connectivity index (χ3n) is 7.55. The van der Waals surface area contributed by atoms with E-state index in [1.807, 2.05) is 37.3 Å². The van der Waals surface area contributed by atoms with Crippen LogP contribution in [0.25, 0.3) is 0 Å². The van der Waals surface area contributed by atoms with E-state index in [0.717, 1.165) is 17.7 Å². The second-order valence-corrected chi connectivity index (χ2v) is 10.5. The van der Waals surface area contributed by atoms with Gasteiger partial charge in [-0.25, -0.2) is 23.6 Å². The van der Waals surface area contributed by atoms with Crippen molar-refractivity contribution in [3.05, 3.63) is 101 Å². The lowest BCUT2D eigenvalue weighted by atomic mass is 9.98. The Balaban J connectivity index is 1.50. The molecule has 0 bridgehead atoms. The lowest BCUT2D eigenvalue weighted by Crippen LogP contribution is -2.76. The number of hydrogen-bond donors (Lipinski definition) is 2. The maximum Gasteiger partial charge on any atom is 0.334 e. The number of aromatic hydroxyl groups is 1. The second kappa shape index (κ2) is 12.6.